The number of rotatable bonds is 4. The van der Waals surface area contributed by atoms with Gasteiger partial charge in [-0.1, -0.05) is 11.6 Å². The van der Waals surface area contributed by atoms with Crippen molar-refractivity contribution in [2.24, 2.45) is 0 Å². The Balaban J connectivity index is 1.60. The first-order valence-corrected chi connectivity index (χ1v) is 8.81. The lowest BCUT2D eigenvalue weighted by Gasteiger charge is -2.24. The normalized spacial score (nSPS) is 16.8. The molecule has 0 saturated carbocycles. The minimum atomic E-state index is -0.124. The van der Waals surface area contributed by atoms with Gasteiger partial charge in [0.1, 0.15) is 0 Å². The Kier molecular flexibility index (Phi) is 4.62. The average molecular weight is 369 g/mol. The lowest BCUT2D eigenvalue weighted by atomic mass is 10.2. The van der Waals surface area contributed by atoms with Gasteiger partial charge in [0.25, 0.3) is 5.56 Å². The molecule has 1 unspecified atom stereocenters. The zero-order valence-electron chi connectivity index (χ0n) is 14.0. The molecule has 0 bridgehead atoms. The maximum Gasteiger partial charge on any atom is 0.266 e. The van der Waals surface area contributed by atoms with Crippen molar-refractivity contribution in [2.45, 2.75) is 25.4 Å². The Bertz CT molecular complexity index is 944. The molecule has 0 aromatic carbocycles. The predicted molar refractivity (Wildman–Crippen MR) is 99.1 cm³/mol. The minimum Gasteiger partial charge on any atom is -0.336 e. The molecule has 1 aliphatic heterocycles. The number of anilines is 1. The highest BCUT2D eigenvalue weighted by Crippen LogP contribution is 2.23. The molecule has 3 aromatic rings. The zero-order valence-corrected chi connectivity index (χ0v) is 14.8. The van der Waals surface area contributed by atoms with Crippen LogP contribution in [0.5, 0.6) is 0 Å². The monoisotopic (exact) mass is 368 g/mol. The Morgan fingerprint density at radius 1 is 1.15 bits per heavy atom. The fourth-order valence-electron chi connectivity index (χ4n) is 3.19. The van der Waals surface area contributed by atoms with Crippen LogP contribution in [0.15, 0.2) is 53.8 Å². The molecular formula is C18H17ClN6O. The van der Waals surface area contributed by atoms with E-state index in [2.05, 4.69) is 25.0 Å². The number of hydrogen-bond donors (Lipinski definition) is 0. The van der Waals surface area contributed by atoms with Crippen LogP contribution in [0.25, 0.3) is 11.3 Å². The zero-order chi connectivity index (χ0) is 17.9. The third kappa shape index (κ3) is 3.43. The van der Waals surface area contributed by atoms with E-state index in [9.17, 15) is 4.79 Å². The third-order valence-electron chi connectivity index (χ3n) is 4.45. The van der Waals surface area contributed by atoms with E-state index in [1.807, 2.05) is 12.1 Å². The van der Waals surface area contributed by atoms with Crippen molar-refractivity contribution in [3.63, 3.8) is 0 Å². The van der Waals surface area contributed by atoms with E-state index in [0.717, 1.165) is 30.6 Å². The lowest BCUT2D eigenvalue weighted by Crippen LogP contribution is -2.37. The SMILES string of the molecule is O=c1ccc(-c2cccnc2)nn1CC1CCCN1c1ncc(Cl)cn1. The van der Waals surface area contributed by atoms with Crippen LogP contribution < -0.4 is 10.5 Å². The molecule has 7 nitrogen and oxygen atoms in total. The Labute approximate surface area is 155 Å². The second kappa shape index (κ2) is 7.21. The van der Waals surface area contributed by atoms with Gasteiger partial charge in [0.2, 0.25) is 5.95 Å². The summed E-state index contributed by atoms with van der Waals surface area (Å²) in [6, 6.07) is 7.17. The minimum absolute atomic E-state index is 0.116. The summed E-state index contributed by atoms with van der Waals surface area (Å²) < 4.78 is 1.52. The molecule has 1 saturated heterocycles. The summed E-state index contributed by atoms with van der Waals surface area (Å²) in [4.78, 5) is 27.1. The van der Waals surface area contributed by atoms with Gasteiger partial charge in [0, 0.05) is 30.6 Å². The lowest BCUT2D eigenvalue weighted by molar-refractivity contribution is 0.487. The molecular weight excluding hydrogens is 352 g/mol. The molecule has 132 valence electrons. The van der Waals surface area contributed by atoms with E-state index in [0.29, 0.717) is 17.5 Å². The maximum absolute atomic E-state index is 12.3. The second-order valence-corrected chi connectivity index (χ2v) is 6.61. The molecule has 1 atom stereocenters. The van der Waals surface area contributed by atoms with Crippen molar-refractivity contribution in [3.05, 3.63) is 64.4 Å². The Morgan fingerprint density at radius 3 is 2.77 bits per heavy atom. The molecule has 3 aromatic heterocycles. The Hall–Kier alpha value is -2.80. The van der Waals surface area contributed by atoms with Crippen LogP contribution in [0.3, 0.4) is 0 Å². The largest absolute Gasteiger partial charge is 0.336 e. The number of nitrogens with zero attached hydrogens (tertiary/aromatic N) is 6. The fraction of sp³-hybridized carbons (Fsp3) is 0.278. The maximum atomic E-state index is 12.3. The van der Waals surface area contributed by atoms with Crippen LogP contribution in [0, 0.1) is 0 Å². The first-order chi connectivity index (χ1) is 12.7. The number of hydrogen-bond acceptors (Lipinski definition) is 6. The van der Waals surface area contributed by atoms with Gasteiger partial charge in [-0.3, -0.25) is 9.78 Å². The second-order valence-electron chi connectivity index (χ2n) is 6.17. The molecule has 4 rings (SSSR count). The van der Waals surface area contributed by atoms with Gasteiger partial charge in [-0.25, -0.2) is 14.6 Å². The van der Waals surface area contributed by atoms with Crippen LogP contribution in [0.4, 0.5) is 5.95 Å². The number of aromatic nitrogens is 5. The molecule has 0 spiro atoms. The molecule has 4 heterocycles. The van der Waals surface area contributed by atoms with E-state index < -0.39 is 0 Å². The topological polar surface area (TPSA) is 76.8 Å². The summed E-state index contributed by atoms with van der Waals surface area (Å²) in [5.41, 5.74) is 1.48. The van der Waals surface area contributed by atoms with Crippen molar-refractivity contribution < 1.29 is 0 Å². The number of pyridine rings is 1. The third-order valence-corrected chi connectivity index (χ3v) is 4.64. The summed E-state index contributed by atoms with van der Waals surface area (Å²) in [7, 11) is 0. The van der Waals surface area contributed by atoms with E-state index in [4.69, 9.17) is 11.6 Å². The standard InChI is InChI=1S/C18H17ClN6O/c19-14-10-21-18(22-11-14)24-8-2-4-15(24)12-25-17(26)6-5-16(23-25)13-3-1-7-20-9-13/h1,3,5-7,9-11,15H,2,4,8,12H2. The van der Waals surface area contributed by atoms with Crippen molar-refractivity contribution in [1.29, 1.82) is 0 Å². The van der Waals surface area contributed by atoms with Gasteiger partial charge in [0.05, 0.1) is 35.7 Å². The summed E-state index contributed by atoms with van der Waals surface area (Å²) in [6.45, 7) is 1.34. The molecule has 0 N–H and O–H groups in total. The fourth-order valence-corrected chi connectivity index (χ4v) is 3.29. The van der Waals surface area contributed by atoms with Gasteiger partial charge in [-0.05, 0) is 31.0 Å². The summed E-state index contributed by atoms with van der Waals surface area (Å²) in [5, 5.41) is 5.03. The van der Waals surface area contributed by atoms with Crippen LogP contribution in [-0.2, 0) is 6.54 Å². The van der Waals surface area contributed by atoms with Crippen LogP contribution in [0.2, 0.25) is 5.02 Å². The van der Waals surface area contributed by atoms with Crippen molar-refractivity contribution in [2.75, 3.05) is 11.4 Å². The quantitative estimate of drug-likeness (QED) is 0.703. The van der Waals surface area contributed by atoms with Gasteiger partial charge < -0.3 is 4.90 Å². The molecule has 26 heavy (non-hydrogen) atoms. The van der Waals surface area contributed by atoms with Crippen molar-refractivity contribution >= 4 is 17.5 Å². The summed E-state index contributed by atoms with van der Waals surface area (Å²) in [5.74, 6) is 0.633. The smallest absolute Gasteiger partial charge is 0.266 e. The summed E-state index contributed by atoms with van der Waals surface area (Å²) in [6.07, 6.45) is 8.60. The van der Waals surface area contributed by atoms with Crippen molar-refractivity contribution in [1.82, 2.24) is 24.7 Å². The molecule has 8 heteroatoms. The highest BCUT2D eigenvalue weighted by molar-refractivity contribution is 6.30. The molecule has 0 radical (unpaired) electrons. The van der Waals surface area contributed by atoms with E-state index in [1.165, 1.54) is 4.68 Å². The molecule has 1 fully saturated rings. The molecule has 0 aliphatic carbocycles. The average Bonchev–Trinajstić information content (AvgIpc) is 3.13. The van der Waals surface area contributed by atoms with Gasteiger partial charge >= 0.3 is 0 Å². The van der Waals surface area contributed by atoms with E-state index in [-0.39, 0.29) is 11.6 Å². The predicted octanol–water partition coefficient (Wildman–Crippen LogP) is 2.42. The van der Waals surface area contributed by atoms with Crippen LogP contribution in [0.1, 0.15) is 12.8 Å². The van der Waals surface area contributed by atoms with Crippen LogP contribution in [-0.4, -0.2) is 37.3 Å². The summed E-state index contributed by atoms with van der Waals surface area (Å²) >= 11 is 5.88. The van der Waals surface area contributed by atoms with E-state index in [1.54, 1.807) is 36.9 Å². The first kappa shape index (κ1) is 16.7. The van der Waals surface area contributed by atoms with Crippen LogP contribution >= 0.6 is 11.6 Å². The Morgan fingerprint density at radius 2 is 2.00 bits per heavy atom. The highest BCUT2D eigenvalue weighted by atomic mass is 35.5. The van der Waals surface area contributed by atoms with Gasteiger partial charge in [0.15, 0.2) is 0 Å². The molecule has 0 amide bonds. The van der Waals surface area contributed by atoms with Gasteiger partial charge in [-0.15, -0.1) is 0 Å². The first-order valence-electron chi connectivity index (χ1n) is 8.43. The van der Waals surface area contributed by atoms with Crippen molar-refractivity contribution in [3.8, 4) is 11.3 Å². The van der Waals surface area contributed by atoms with Gasteiger partial charge in [-0.2, -0.15) is 5.10 Å². The number of halogens is 1. The highest BCUT2D eigenvalue weighted by Gasteiger charge is 2.27. The molecule has 1 aliphatic rings. The van der Waals surface area contributed by atoms with E-state index >= 15 is 0 Å².